The van der Waals surface area contributed by atoms with E-state index < -0.39 is 0 Å². The van der Waals surface area contributed by atoms with Crippen molar-refractivity contribution < 1.29 is 8.78 Å². The quantitative estimate of drug-likeness (QED) is 0.126. The molecular formula is C64H44F2N2. The Morgan fingerprint density at radius 3 is 1.22 bits per heavy atom. The lowest BCUT2D eigenvalue weighted by Gasteiger charge is -2.33. The van der Waals surface area contributed by atoms with Gasteiger partial charge in [0.15, 0.2) is 0 Å². The molecule has 0 fully saturated rings. The summed E-state index contributed by atoms with van der Waals surface area (Å²) >= 11 is 0. The molecule has 0 radical (unpaired) electrons. The molecule has 0 atom stereocenters. The van der Waals surface area contributed by atoms with Crippen molar-refractivity contribution in [1.29, 1.82) is 0 Å². The van der Waals surface area contributed by atoms with E-state index in [1.807, 2.05) is 133 Å². The van der Waals surface area contributed by atoms with Crippen molar-refractivity contribution in [2.45, 2.75) is 12.8 Å². The van der Waals surface area contributed by atoms with Crippen molar-refractivity contribution >= 4 is 55.7 Å². The number of nitrogens with zero attached hydrogens (tertiary/aromatic N) is 2. The average molecular weight is 879 g/mol. The van der Waals surface area contributed by atoms with Crippen LogP contribution in [-0.4, -0.2) is 0 Å². The molecule has 11 aromatic rings. The Morgan fingerprint density at radius 2 is 0.735 bits per heavy atom. The van der Waals surface area contributed by atoms with Crippen LogP contribution in [0.3, 0.4) is 0 Å². The molecule has 0 N–H and O–H groups in total. The Kier molecular flexibility index (Phi) is 10.4. The van der Waals surface area contributed by atoms with Crippen molar-refractivity contribution in [3.05, 3.63) is 265 Å². The predicted octanol–water partition coefficient (Wildman–Crippen LogP) is 18.0. The summed E-state index contributed by atoms with van der Waals surface area (Å²) in [6, 6.07) is 81.2. The second-order valence-corrected chi connectivity index (χ2v) is 17.4. The third-order valence-electron chi connectivity index (χ3n) is 13.4. The van der Waals surface area contributed by atoms with Gasteiger partial charge in [0.2, 0.25) is 0 Å². The van der Waals surface area contributed by atoms with E-state index in [0.717, 1.165) is 107 Å². The maximum Gasteiger partial charge on any atom is 0.148 e. The highest BCUT2D eigenvalue weighted by Crippen LogP contribution is 2.52. The van der Waals surface area contributed by atoms with E-state index >= 15 is 8.78 Å². The summed E-state index contributed by atoms with van der Waals surface area (Å²) in [6.07, 6.45) is 1.53. The molecule has 0 unspecified atom stereocenters. The summed E-state index contributed by atoms with van der Waals surface area (Å²) in [6.45, 7) is 0. The van der Waals surface area contributed by atoms with Crippen LogP contribution in [0.25, 0.3) is 66.1 Å². The molecule has 2 nitrogen and oxygen atoms in total. The van der Waals surface area contributed by atoms with Gasteiger partial charge in [-0.3, -0.25) is 0 Å². The van der Waals surface area contributed by atoms with Crippen LogP contribution in [0, 0.1) is 11.6 Å². The van der Waals surface area contributed by atoms with Crippen LogP contribution in [0.15, 0.2) is 243 Å². The lowest BCUT2D eigenvalue weighted by Crippen LogP contribution is -2.17. The minimum atomic E-state index is -0.324. The first-order valence-electron chi connectivity index (χ1n) is 23.2. The smallest absolute Gasteiger partial charge is 0.148 e. The molecule has 4 heteroatoms. The number of rotatable bonds is 10. The zero-order valence-electron chi connectivity index (χ0n) is 37.2. The molecule has 11 aromatic carbocycles. The van der Waals surface area contributed by atoms with Crippen molar-refractivity contribution in [1.82, 2.24) is 0 Å². The minimum Gasteiger partial charge on any atom is -0.307 e. The van der Waals surface area contributed by atoms with Gasteiger partial charge < -0.3 is 9.80 Å². The number of para-hydroxylation sites is 2. The summed E-state index contributed by atoms with van der Waals surface area (Å²) < 4.78 is 35.2. The Morgan fingerprint density at radius 1 is 0.324 bits per heavy atom. The Labute approximate surface area is 395 Å². The molecular weight excluding hydrogens is 835 g/mol. The molecule has 0 saturated heterocycles. The normalized spacial score (nSPS) is 11.9. The van der Waals surface area contributed by atoms with Gasteiger partial charge >= 0.3 is 0 Å². The van der Waals surface area contributed by atoms with Crippen molar-refractivity contribution in [3.8, 4) is 44.5 Å². The van der Waals surface area contributed by atoms with Gasteiger partial charge in [0, 0.05) is 27.9 Å². The average Bonchev–Trinajstić information content (AvgIpc) is 3.41. The zero-order valence-corrected chi connectivity index (χ0v) is 37.2. The molecule has 68 heavy (non-hydrogen) atoms. The van der Waals surface area contributed by atoms with Gasteiger partial charge in [0.05, 0.1) is 22.7 Å². The van der Waals surface area contributed by atoms with Crippen molar-refractivity contribution in [2.75, 3.05) is 9.80 Å². The van der Waals surface area contributed by atoms with E-state index in [-0.39, 0.29) is 11.6 Å². The van der Waals surface area contributed by atoms with Crippen LogP contribution in [0.5, 0.6) is 0 Å². The number of benzene rings is 11. The first-order valence-corrected chi connectivity index (χ1v) is 23.2. The van der Waals surface area contributed by atoms with Crippen molar-refractivity contribution in [3.63, 3.8) is 0 Å². The van der Waals surface area contributed by atoms with Gasteiger partial charge in [0.25, 0.3) is 0 Å². The van der Waals surface area contributed by atoms with E-state index in [1.54, 1.807) is 12.1 Å². The Bertz CT molecular complexity index is 3620. The monoisotopic (exact) mass is 878 g/mol. The zero-order chi connectivity index (χ0) is 45.6. The summed E-state index contributed by atoms with van der Waals surface area (Å²) in [5, 5.41) is 4.36. The fourth-order valence-electron chi connectivity index (χ4n) is 10.4. The Hall–Kier alpha value is -8.60. The van der Waals surface area contributed by atoms with Gasteiger partial charge in [-0.1, -0.05) is 182 Å². The number of aryl methyl sites for hydroxylation is 2. The van der Waals surface area contributed by atoms with E-state index in [9.17, 15) is 0 Å². The van der Waals surface area contributed by atoms with Crippen LogP contribution in [0.1, 0.15) is 11.1 Å². The van der Waals surface area contributed by atoms with Crippen LogP contribution in [0.2, 0.25) is 0 Å². The lowest BCUT2D eigenvalue weighted by atomic mass is 9.84. The number of anilines is 6. The van der Waals surface area contributed by atoms with Gasteiger partial charge in [-0.05, 0) is 134 Å². The molecule has 324 valence electrons. The Balaban J connectivity index is 1.11. The van der Waals surface area contributed by atoms with Crippen LogP contribution in [0.4, 0.5) is 42.9 Å². The summed E-state index contributed by atoms with van der Waals surface area (Å²) in [5.41, 5.74) is 13.8. The maximum absolute atomic E-state index is 17.6. The molecule has 0 aromatic heterocycles. The van der Waals surface area contributed by atoms with Gasteiger partial charge in [-0.15, -0.1) is 0 Å². The van der Waals surface area contributed by atoms with Gasteiger partial charge in [-0.25, -0.2) is 8.78 Å². The summed E-state index contributed by atoms with van der Waals surface area (Å²) in [7, 11) is 0. The van der Waals surface area contributed by atoms with E-state index in [1.165, 1.54) is 5.56 Å². The molecule has 12 rings (SSSR count). The molecule has 0 heterocycles. The first-order chi connectivity index (χ1) is 33.6. The largest absolute Gasteiger partial charge is 0.307 e. The van der Waals surface area contributed by atoms with Crippen LogP contribution >= 0.6 is 0 Å². The molecule has 1 aliphatic rings. The van der Waals surface area contributed by atoms with E-state index in [2.05, 4.69) is 107 Å². The highest BCUT2D eigenvalue weighted by Gasteiger charge is 2.30. The van der Waals surface area contributed by atoms with Crippen LogP contribution < -0.4 is 9.80 Å². The minimum absolute atomic E-state index is 0.314. The topological polar surface area (TPSA) is 6.48 Å². The number of halogens is 2. The number of hydrogen-bond donors (Lipinski definition) is 0. The molecule has 0 amide bonds. The second kappa shape index (κ2) is 17.3. The molecule has 0 spiro atoms. The summed E-state index contributed by atoms with van der Waals surface area (Å²) in [4.78, 5) is 4.22. The fraction of sp³-hybridized carbons (Fsp3) is 0.0312. The SMILES string of the molecule is Fc1cc(-c2ccccc2)cc(-c2ccccc2)c1N(c1ccccc1)c1ccc2ccc3c(N(c4ccccc4)c4c(F)cc(-c5ccccc5)cc4-c4ccccc4)ccc4c3c2c1CC4. The molecule has 0 aliphatic heterocycles. The standard InChI is InChI=1S/C64H44F2N2/c65-57-41-49(43-19-7-1-8-20-43)39-55(45-23-11-3-12-24-45)63(57)67(51-27-15-5-16-28-51)59-37-33-47-32-36-54-60(38-34-48-31-35-53(59)61(47)62(48)54)68(52-29-17-6-18-30-52)64-56(46-25-13-4-14-26-46)40-50(42-58(64)66)44-21-9-2-10-22-44/h1-31,33-35,37-42H,32,36H2. The van der Waals surface area contributed by atoms with Crippen molar-refractivity contribution in [2.24, 2.45) is 0 Å². The lowest BCUT2D eigenvalue weighted by molar-refractivity contribution is 0.629. The van der Waals surface area contributed by atoms with E-state index in [4.69, 9.17) is 0 Å². The second-order valence-electron chi connectivity index (χ2n) is 17.4. The number of hydrogen-bond acceptors (Lipinski definition) is 2. The predicted molar refractivity (Wildman–Crippen MR) is 280 cm³/mol. The van der Waals surface area contributed by atoms with Gasteiger partial charge in [-0.2, -0.15) is 0 Å². The molecule has 0 bridgehead atoms. The molecule has 0 saturated carbocycles. The first kappa shape index (κ1) is 40.9. The third kappa shape index (κ3) is 7.19. The molecule has 1 aliphatic carbocycles. The highest BCUT2D eigenvalue weighted by molar-refractivity contribution is 6.18. The van der Waals surface area contributed by atoms with Crippen LogP contribution in [-0.2, 0) is 12.8 Å². The summed E-state index contributed by atoms with van der Waals surface area (Å²) in [5.74, 6) is -0.638. The van der Waals surface area contributed by atoms with E-state index in [0.29, 0.717) is 11.4 Å². The third-order valence-corrected chi connectivity index (χ3v) is 13.4. The van der Waals surface area contributed by atoms with Gasteiger partial charge in [0.1, 0.15) is 11.6 Å². The highest BCUT2D eigenvalue weighted by atomic mass is 19.1. The maximum atomic E-state index is 17.6. The fourth-order valence-corrected chi connectivity index (χ4v) is 10.4.